The Morgan fingerprint density at radius 3 is 2.62 bits per heavy atom. The van der Waals surface area contributed by atoms with Gasteiger partial charge in [-0.1, -0.05) is 6.07 Å². The van der Waals surface area contributed by atoms with Crippen LogP contribution >= 0.6 is 0 Å². The number of carbonyl (C=O) groups excluding carboxylic acids is 1. The van der Waals surface area contributed by atoms with E-state index in [2.05, 4.69) is 0 Å². The van der Waals surface area contributed by atoms with Crippen LogP contribution in [-0.2, 0) is 14.1 Å². The van der Waals surface area contributed by atoms with Gasteiger partial charge in [-0.05, 0) is 23.8 Å². The molecule has 9 nitrogen and oxygen atoms in total. The van der Waals surface area contributed by atoms with Crippen LogP contribution in [0.4, 0.5) is 5.82 Å². The van der Waals surface area contributed by atoms with Crippen LogP contribution in [0.5, 0.6) is 11.5 Å². The summed E-state index contributed by atoms with van der Waals surface area (Å²) in [5, 5.41) is 9.37. The van der Waals surface area contributed by atoms with Crippen LogP contribution in [0, 0.1) is 11.3 Å². The second-order valence-electron chi connectivity index (χ2n) is 5.58. The minimum Gasteiger partial charge on any atom is -0.454 e. The molecular formula is C17H14N4O5. The normalized spacial score (nSPS) is 12.7. The first-order chi connectivity index (χ1) is 12.3. The Morgan fingerprint density at radius 1 is 1.23 bits per heavy atom. The summed E-state index contributed by atoms with van der Waals surface area (Å²) in [7, 11) is 2.57. The molecule has 0 aliphatic carbocycles. The van der Waals surface area contributed by atoms with E-state index in [9.17, 15) is 19.6 Å². The van der Waals surface area contributed by atoms with Gasteiger partial charge in [0.25, 0.3) is 5.56 Å². The zero-order valence-corrected chi connectivity index (χ0v) is 14.0. The van der Waals surface area contributed by atoms with Crippen molar-refractivity contribution >= 4 is 17.7 Å². The average Bonchev–Trinajstić information content (AvgIpc) is 3.10. The first-order valence-electron chi connectivity index (χ1n) is 7.46. The third-order valence-corrected chi connectivity index (χ3v) is 4.01. The van der Waals surface area contributed by atoms with Gasteiger partial charge in [0.1, 0.15) is 23.0 Å². The van der Waals surface area contributed by atoms with Gasteiger partial charge in [0.05, 0.1) is 0 Å². The number of carbonyl (C=O) groups is 1. The number of allylic oxidation sites excluding steroid dienone is 1. The van der Waals surface area contributed by atoms with Crippen molar-refractivity contribution in [3.63, 3.8) is 0 Å². The molecule has 0 fully saturated rings. The molecule has 0 spiro atoms. The highest BCUT2D eigenvalue weighted by molar-refractivity contribution is 6.16. The minimum absolute atomic E-state index is 0.0944. The van der Waals surface area contributed by atoms with E-state index >= 15 is 0 Å². The molecule has 132 valence electrons. The van der Waals surface area contributed by atoms with Gasteiger partial charge in [-0.25, -0.2) is 4.79 Å². The molecular weight excluding hydrogens is 340 g/mol. The highest BCUT2D eigenvalue weighted by Gasteiger charge is 2.23. The van der Waals surface area contributed by atoms with Crippen LogP contribution in [0.15, 0.2) is 33.4 Å². The minimum atomic E-state index is -0.862. The van der Waals surface area contributed by atoms with Gasteiger partial charge in [-0.3, -0.25) is 18.7 Å². The monoisotopic (exact) mass is 354 g/mol. The number of anilines is 1. The van der Waals surface area contributed by atoms with Gasteiger partial charge in [0.15, 0.2) is 11.5 Å². The molecule has 1 aliphatic heterocycles. The second-order valence-corrected chi connectivity index (χ2v) is 5.58. The predicted octanol–water partition coefficient (Wildman–Crippen LogP) is 0.185. The van der Waals surface area contributed by atoms with E-state index in [1.165, 1.54) is 20.2 Å². The number of ether oxygens (including phenoxy) is 2. The summed E-state index contributed by atoms with van der Waals surface area (Å²) in [5.74, 6) is -0.113. The molecule has 0 amide bonds. The lowest BCUT2D eigenvalue weighted by Gasteiger charge is -2.10. The molecule has 1 aromatic heterocycles. The van der Waals surface area contributed by atoms with E-state index in [0.29, 0.717) is 17.1 Å². The highest BCUT2D eigenvalue weighted by Crippen LogP contribution is 2.33. The molecule has 0 unspecified atom stereocenters. The number of nitrogen functional groups attached to an aromatic ring is 1. The quantitative estimate of drug-likeness (QED) is 0.473. The number of hydrogen-bond donors (Lipinski definition) is 1. The van der Waals surface area contributed by atoms with Gasteiger partial charge in [-0.15, -0.1) is 0 Å². The Hall–Kier alpha value is -3.80. The van der Waals surface area contributed by atoms with Crippen molar-refractivity contribution in [1.29, 1.82) is 5.26 Å². The van der Waals surface area contributed by atoms with Crippen LogP contribution in [0.3, 0.4) is 0 Å². The van der Waals surface area contributed by atoms with Crippen molar-refractivity contribution in [3.05, 3.63) is 55.7 Å². The number of rotatable bonds is 3. The molecule has 26 heavy (non-hydrogen) atoms. The fraction of sp³-hybridized carbons (Fsp3) is 0.176. The lowest BCUT2D eigenvalue weighted by Crippen LogP contribution is -2.41. The molecule has 0 atom stereocenters. The number of hydrogen-bond acceptors (Lipinski definition) is 7. The number of ketones is 1. The summed E-state index contributed by atoms with van der Waals surface area (Å²) in [6.07, 6.45) is 1.31. The van der Waals surface area contributed by atoms with Gasteiger partial charge in [0.2, 0.25) is 12.6 Å². The number of benzene rings is 1. The van der Waals surface area contributed by atoms with E-state index in [-0.39, 0.29) is 18.2 Å². The van der Waals surface area contributed by atoms with Gasteiger partial charge >= 0.3 is 5.69 Å². The number of nitrogens with two attached hydrogens (primary N) is 1. The van der Waals surface area contributed by atoms with Crippen LogP contribution in [0.25, 0.3) is 6.08 Å². The first kappa shape index (κ1) is 17.0. The number of nitrogens with zero attached hydrogens (tertiary/aromatic N) is 3. The number of Topliss-reactive ketones (excluding diaryl/α,β-unsaturated/α-hetero) is 1. The largest absolute Gasteiger partial charge is 0.454 e. The average molecular weight is 354 g/mol. The second kappa shape index (κ2) is 6.25. The molecule has 0 saturated carbocycles. The Kier molecular flexibility index (Phi) is 4.10. The first-order valence-corrected chi connectivity index (χ1v) is 7.46. The zero-order chi connectivity index (χ0) is 19.0. The summed E-state index contributed by atoms with van der Waals surface area (Å²) in [4.78, 5) is 36.9. The molecule has 0 saturated heterocycles. The third-order valence-electron chi connectivity index (χ3n) is 4.01. The zero-order valence-electron chi connectivity index (χ0n) is 14.0. The smallest absolute Gasteiger partial charge is 0.332 e. The maximum atomic E-state index is 12.7. The molecule has 1 aliphatic rings. The maximum absolute atomic E-state index is 12.7. The van der Waals surface area contributed by atoms with E-state index in [1.54, 1.807) is 24.3 Å². The standard InChI is InChI=1S/C17H14N4O5/c1-20-15(19)13(16(23)21(2)17(20)24)14(22)10(7-18)5-9-3-4-11-12(6-9)26-8-25-11/h3-6H,8,19H2,1-2H3. The predicted molar refractivity (Wildman–Crippen MR) is 91.8 cm³/mol. The van der Waals surface area contributed by atoms with Crippen LogP contribution < -0.4 is 26.5 Å². The molecule has 3 rings (SSSR count). The topological polar surface area (TPSA) is 129 Å². The van der Waals surface area contributed by atoms with Gasteiger partial charge < -0.3 is 15.2 Å². The van der Waals surface area contributed by atoms with Crippen molar-refractivity contribution < 1.29 is 14.3 Å². The van der Waals surface area contributed by atoms with Crippen molar-refractivity contribution in [2.24, 2.45) is 14.1 Å². The van der Waals surface area contributed by atoms with E-state index in [4.69, 9.17) is 15.2 Å². The molecule has 0 bridgehead atoms. The van der Waals surface area contributed by atoms with Crippen molar-refractivity contribution in [3.8, 4) is 17.6 Å². The summed E-state index contributed by atoms with van der Waals surface area (Å²) < 4.78 is 12.2. The van der Waals surface area contributed by atoms with Crippen LogP contribution in [-0.4, -0.2) is 21.7 Å². The maximum Gasteiger partial charge on any atom is 0.332 e. The van der Waals surface area contributed by atoms with Crippen molar-refractivity contribution in [2.45, 2.75) is 0 Å². The molecule has 1 aromatic carbocycles. The summed E-state index contributed by atoms with van der Waals surface area (Å²) in [6.45, 7) is 0.0944. The SMILES string of the molecule is Cn1c(N)c(C(=O)C(C#N)=Cc2ccc3c(c2)OCO3)c(=O)n(C)c1=O. The summed E-state index contributed by atoms with van der Waals surface area (Å²) in [5.41, 5.74) is 4.03. The Balaban J connectivity index is 2.10. The van der Waals surface area contributed by atoms with Crippen molar-refractivity contribution in [1.82, 2.24) is 9.13 Å². The third kappa shape index (κ3) is 2.63. The van der Waals surface area contributed by atoms with Crippen molar-refractivity contribution in [2.75, 3.05) is 12.5 Å². The Bertz CT molecular complexity index is 1120. The fourth-order valence-electron chi connectivity index (χ4n) is 2.53. The van der Waals surface area contributed by atoms with Crippen LogP contribution in [0.2, 0.25) is 0 Å². The summed E-state index contributed by atoms with van der Waals surface area (Å²) in [6, 6.07) is 6.66. The Morgan fingerprint density at radius 2 is 1.92 bits per heavy atom. The number of nitriles is 1. The molecule has 9 heteroatoms. The van der Waals surface area contributed by atoms with Gasteiger partial charge in [0, 0.05) is 14.1 Å². The molecule has 2 N–H and O–H groups in total. The molecule has 2 heterocycles. The lowest BCUT2D eigenvalue weighted by molar-refractivity contribution is 0.103. The Labute approximate surface area is 147 Å². The highest BCUT2D eigenvalue weighted by atomic mass is 16.7. The molecule has 0 radical (unpaired) electrons. The van der Waals surface area contributed by atoms with Crippen LogP contribution in [0.1, 0.15) is 15.9 Å². The number of aromatic nitrogens is 2. The molecule has 2 aromatic rings. The van der Waals surface area contributed by atoms with E-state index in [1.807, 2.05) is 0 Å². The fourth-order valence-corrected chi connectivity index (χ4v) is 2.53. The van der Waals surface area contributed by atoms with E-state index in [0.717, 1.165) is 9.13 Å². The summed E-state index contributed by atoms with van der Waals surface area (Å²) >= 11 is 0. The number of fused-ring (bicyclic) bond motifs is 1. The van der Waals surface area contributed by atoms with Gasteiger partial charge in [-0.2, -0.15) is 5.26 Å². The lowest BCUT2D eigenvalue weighted by atomic mass is 10.0. The van der Waals surface area contributed by atoms with E-state index < -0.39 is 22.6 Å².